The maximum atomic E-state index is 15.0. The number of carbonyl (C=O) groups excluding carboxylic acids is 2. The maximum absolute atomic E-state index is 15.0. The third-order valence-electron chi connectivity index (χ3n) is 13.4. The molecule has 484 valence electrons. The second kappa shape index (κ2) is 28.3. The van der Waals surface area contributed by atoms with Crippen molar-refractivity contribution < 1.29 is 143 Å². The van der Waals surface area contributed by atoms with E-state index in [0.717, 1.165) is 26.5 Å². The van der Waals surface area contributed by atoms with E-state index in [2.05, 4.69) is 50.5 Å². The number of alkyl halides is 2. The predicted octanol–water partition coefficient (Wildman–Crippen LogP) is -3.24. The minimum absolute atomic E-state index is 0.0516. The molecule has 10 unspecified atom stereocenters. The lowest BCUT2D eigenvalue weighted by atomic mass is 9.82. The summed E-state index contributed by atoms with van der Waals surface area (Å²) in [5.74, 6) is -2.82. The Morgan fingerprint density at radius 3 is 1.52 bits per heavy atom. The largest absolute Gasteiger partial charge is 0.481 e. The quantitative estimate of drug-likeness (QED) is 0.0272. The molecule has 8 rings (SSSR count). The second-order valence-electron chi connectivity index (χ2n) is 19.3. The third-order valence-corrected chi connectivity index (χ3v) is 20.4. The molecule has 0 aromatic carbocycles. The Morgan fingerprint density at radius 1 is 0.628 bits per heavy atom. The lowest BCUT2D eigenvalue weighted by molar-refractivity contribution is -0.287. The van der Waals surface area contributed by atoms with Crippen LogP contribution in [0.1, 0.15) is 40.2 Å². The minimum Gasteiger partial charge on any atom is -0.463 e. The Bertz CT molecular complexity index is 3230. The molecule has 0 aliphatic carbocycles. The molecular formula is C40H60F2N10O28P4S2. The molecule has 0 spiro atoms. The van der Waals surface area contributed by atoms with Crippen molar-refractivity contribution in [2.24, 2.45) is 11.8 Å². The number of carbonyl (C=O) groups is 2. The molecule has 4 aromatic heterocycles. The summed E-state index contributed by atoms with van der Waals surface area (Å²) in [6, 6.07) is 0. The summed E-state index contributed by atoms with van der Waals surface area (Å²) < 4.78 is 117. The number of rotatable bonds is 22. The number of ether oxygens (including phenoxy) is 6. The van der Waals surface area contributed by atoms with Gasteiger partial charge in [-0.25, -0.2) is 56.4 Å². The fourth-order valence-corrected chi connectivity index (χ4v) is 15.2. The number of nitrogen functional groups attached to an aromatic ring is 2. The number of aliphatic hydroxyl groups excluding tert-OH is 8. The fourth-order valence-electron chi connectivity index (χ4n) is 8.96. The van der Waals surface area contributed by atoms with E-state index in [4.69, 9.17) is 74.7 Å². The fraction of sp³-hybridized carbons (Fsp3) is 0.700. The molecule has 0 radical (unpaired) electrons. The summed E-state index contributed by atoms with van der Waals surface area (Å²) in [5, 5.41) is 80.7. The average molecular weight is 1350 g/mol. The van der Waals surface area contributed by atoms with Gasteiger partial charge in [0.1, 0.15) is 91.3 Å². The number of esters is 2. The topological polar surface area (TPSA) is 561 Å². The highest BCUT2D eigenvalue weighted by atomic mass is 32.5. The summed E-state index contributed by atoms with van der Waals surface area (Å²) in [5.41, 5.74) is 12.3. The zero-order valence-electron chi connectivity index (χ0n) is 44.7. The molecule has 46 heteroatoms. The van der Waals surface area contributed by atoms with Crippen molar-refractivity contribution in [3.8, 4) is 0 Å². The molecular weight excluding hydrogens is 1290 g/mol. The van der Waals surface area contributed by atoms with E-state index in [1.807, 2.05) is 0 Å². The zero-order valence-corrected chi connectivity index (χ0v) is 49.9. The van der Waals surface area contributed by atoms with Gasteiger partial charge in [-0.1, -0.05) is 13.8 Å². The number of nitrogens with two attached hydrogens (primary N) is 2. The lowest BCUT2D eigenvalue weighted by Crippen LogP contribution is -2.60. The van der Waals surface area contributed by atoms with Gasteiger partial charge in [0.05, 0.1) is 38.6 Å². The van der Waals surface area contributed by atoms with Crippen LogP contribution in [0.25, 0.3) is 22.3 Å². The smallest absolute Gasteiger partial charge is 0.463 e. The summed E-state index contributed by atoms with van der Waals surface area (Å²) in [4.78, 5) is 88.0. The predicted molar refractivity (Wildman–Crippen MR) is 283 cm³/mol. The van der Waals surface area contributed by atoms with Gasteiger partial charge in [0.25, 0.3) is 0 Å². The van der Waals surface area contributed by atoms with Gasteiger partial charge >= 0.3 is 41.0 Å². The number of anilines is 2. The van der Waals surface area contributed by atoms with Crippen LogP contribution in [0.5, 0.6) is 0 Å². The molecule has 16 N–H and O–H groups in total. The standard InChI is InChI=1S/C23H34FN5O14P2S.C17H26FN5O14P2S/c1-9-10(2)19(39-12(4)31)23(41-18(9)13(24)5-37-11(3)30)42-44(34,35)43-45(36,46)38-6-14-16(32)17(33)22(40-14)29-8-28-15-20(25)26-7-27-21(15)29;18-5(1-24)13-10(27)9(26)12(29)17(35-13)36-38(30,31)37-39(32,40)33-2-6-8(25)11(28)16(34-6)23-4-22-7-14(19)20-3-21-15(7)23/h7-10,13-14,16-19,22-23,32-33H,5-6H2,1-4H3,(H,34,35)(H,36,46)(H2,25,26,27);3-6,8-13,16-17,24-29H,1-2H2,(H,30,31)(H,32,40)(H2,19,20,21)/t9-,10-,13-,14+,16?,17-,18?,19?,22+,23-,45?;5-,6+,8?,9-,10-,11-,12?,13?,16+,17-,39?/m00/s1. The van der Waals surface area contributed by atoms with Crippen LogP contribution in [-0.2, 0) is 97.5 Å². The number of hydrogen-bond acceptors (Lipinski definition) is 34. The number of aliphatic hydroxyl groups is 8. The van der Waals surface area contributed by atoms with Crippen molar-refractivity contribution in [1.82, 2.24) is 39.0 Å². The molecule has 4 fully saturated rings. The van der Waals surface area contributed by atoms with Crippen molar-refractivity contribution in [2.45, 2.75) is 138 Å². The summed E-state index contributed by atoms with van der Waals surface area (Å²) in [6.45, 7) is -7.46. The van der Waals surface area contributed by atoms with Gasteiger partial charge < -0.3 is 109 Å². The van der Waals surface area contributed by atoms with E-state index in [1.54, 1.807) is 13.8 Å². The van der Waals surface area contributed by atoms with Crippen LogP contribution in [-0.4, -0.2) is 236 Å². The molecule has 4 aromatic rings. The number of phosphoric ester groups is 2. The van der Waals surface area contributed by atoms with Gasteiger partial charge in [0, 0.05) is 19.8 Å². The summed E-state index contributed by atoms with van der Waals surface area (Å²) in [7, 11) is -10.9. The van der Waals surface area contributed by atoms with E-state index >= 15 is 0 Å². The van der Waals surface area contributed by atoms with Crippen LogP contribution in [0.4, 0.5) is 20.4 Å². The van der Waals surface area contributed by atoms with Gasteiger partial charge in [-0.3, -0.25) is 27.8 Å². The molecule has 4 aliphatic rings. The summed E-state index contributed by atoms with van der Waals surface area (Å²) in [6.07, 6.45) is -26.2. The van der Waals surface area contributed by atoms with Crippen LogP contribution in [0.3, 0.4) is 0 Å². The first-order valence-corrected chi connectivity index (χ1v) is 33.1. The van der Waals surface area contributed by atoms with Gasteiger partial charge in [0.15, 0.2) is 60.1 Å². The molecule has 38 nitrogen and oxygen atoms in total. The molecule has 0 amide bonds. The Labute approximate surface area is 492 Å². The number of imidazole rings is 2. The number of fused-ring (bicyclic) bond motifs is 2. The highest BCUT2D eigenvalue weighted by Crippen LogP contribution is 2.63. The van der Waals surface area contributed by atoms with Crippen LogP contribution in [0, 0.1) is 11.8 Å². The van der Waals surface area contributed by atoms with Crippen molar-refractivity contribution in [2.75, 3.05) is 37.9 Å². The Morgan fingerprint density at radius 2 is 1.08 bits per heavy atom. The molecule has 4 saturated heterocycles. The van der Waals surface area contributed by atoms with Gasteiger partial charge in [0.2, 0.25) is 6.29 Å². The molecule has 8 heterocycles. The number of hydrogen-bond donors (Lipinski definition) is 14. The van der Waals surface area contributed by atoms with Crippen LogP contribution in [0.15, 0.2) is 25.3 Å². The lowest BCUT2D eigenvalue weighted by Gasteiger charge is -2.44. The monoisotopic (exact) mass is 1350 g/mol. The van der Waals surface area contributed by atoms with Crippen molar-refractivity contribution in [1.29, 1.82) is 0 Å². The maximum Gasteiger partial charge on any atom is 0.481 e. The van der Waals surface area contributed by atoms with Crippen LogP contribution in [0.2, 0.25) is 0 Å². The van der Waals surface area contributed by atoms with E-state index in [0.29, 0.717) is 0 Å². The number of nitrogens with zero attached hydrogens (tertiary/aromatic N) is 8. The second-order valence-corrected chi connectivity index (χ2v) is 28.1. The van der Waals surface area contributed by atoms with Gasteiger partial charge in [-0.05, 0) is 29.5 Å². The third kappa shape index (κ3) is 16.5. The molecule has 86 heavy (non-hydrogen) atoms. The Kier molecular flexibility index (Phi) is 23.0. The molecule has 0 bridgehead atoms. The zero-order chi connectivity index (χ0) is 63.7. The molecule has 0 saturated carbocycles. The van der Waals surface area contributed by atoms with Crippen molar-refractivity contribution in [3.05, 3.63) is 25.3 Å². The average Bonchev–Trinajstić information content (AvgIpc) is 1.70. The van der Waals surface area contributed by atoms with Crippen molar-refractivity contribution >= 4 is 98.6 Å². The van der Waals surface area contributed by atoms with Crippen LogP contribution < -0.4 is 11.5 Å². The first-order chi connectivity index (χ1) is 40.1. The first kappa shape index (κ1) is 69.8. The SMILES string of the molecule is CC(=O)OC[C@H](F)C1O[C@@H](OP(=O)(O)OP(O)(=S)OC[C@H]2O[C@@H](n3cnc4c(N)ncnc43)[C@@H](O)C2O)C(OC(C)=O)[C@@H](C)[C@@H]1C.Nc1ncnc2c1ncn2[C@@H]1O[C@H](COP(O)(=S)OP(=O)(O)O[C@@H]2OC([C@@H](F)CO)[C@@H](O)[C@H](O)C2O)C(O)[C@@H]1O. The summed E-state index contributed by atoms with van der Waals surface area (Å²) >= 11 is 9.53. The van der Waals surface area contributed by atoms with E-state index in [1.165, 1.54) is 21.8 Å². The highest BCUT2D eigenvalue weighted by molar-refractivity contribution is 8.08. The highest BCUT2D eigenvalue weighted by Gasteiger charge is 2.53. The molecule has 24 atom stereocenters. The van der Waals surface area contributed by atoms with Gasteiger partial charge in [-0.2, -0.15) is 0 Å². The Hall–Kier alpha value is -3.62. The first-order valence-electron chi connectivity index (χ1n) is 24.9. The van der Waals surface area contributed by atoms with Crippen molar-refractivity contribution in [3.63, 3.8) is 0 Å². The minimum atomic E-state index is -5.49. The van der Waals surface area contributed by atoms with E-state index in [9.17, 15) is 82.8 Å². The number of halogens is 2. The van der Waals surface area contributed by atoms with E-state index in [-0.39, 0.29) is 34.0 Å². The van der Waals surface area contributed by atoms with Crippen LogP contribution >= 0.6 is 29.1 Å². The Balaban J connectivity index is 0.000000248. The van der Waals surface area contributed by atoms with E-state index < -0.39 is 190 Å². The normalized spacial score (nSPS) is 34.9. The number of phosphoric acid groups is 2. The van der Waals surface area contributed by atoms with Gasteiger partial charge in [-0.15, -0.1) is 0 Å². The molecule has 4 aliphatic heterocycles. The number of aromatic nitrogens is 8.